The zero-order valence-corrected chi connectivity index (χ0v) is 22.8. The van der Waals surface area contributed by atoms with Gasteiger partial charge in [0, 0.05) is 26.1 Å². The second-order valence-electron chi connectivity index (χ2n) is 7.86. The Kier molecular flexibility index (Phi) is 7.84. The number of hydrogen-bond acceptors (Lipinski definition) is 9. The molecule has 2 N–H and O–H groups in total. The highest BCUT2D eigenvalue weighted by Gasteiger charge is 2.26. The van der Waals surface area contributed by atoms with Crippen molar-refractivity contribution < 1.29 is 47.4 Å². The van der Waals surface area contributed by atoms with Crippen LogP contribution in [0.1, 0.15) is 15.9 Å². The maximum atomic E-state index is 14.1. The van der Waals surface area contributed by atoms with Gasteiger partial charge in [-0.25, -0.2) is 4.57 Å². The van der Waals surface area contributed by atoms with Gasteiger partial charge in [0.2, 0.25) is 5.75 Å². The molecule has 4 rings (SSSR count). The molecule has 4 aromatic rings. The smallest absolute Gasteiger partial charge is 0.497 e. The summed E-state index contributed by atoms with van der Waals surface area (Å²) in [5, 5.41) is 0.636. The first-order valence-corrected chi connectivity index (χ1v) is 13.4. The number of carbonyl (C=O) groups excluding carboxylic acids is 1. The molecule has 200 valence electrons. The highest BCUT2D eigenvalue weighted by atomic mass is 32.1. The number of methoxy groups -OCH3 is 5. The molecule has 0 aliphatic carbocycles. The van der Waals surface area contributed by atoms with Gasteiger partial charge in [0.25, 0.3) is 0 Å². The van der Waals surface area contributed by atoms with Crippen molar-refractivity contribution in [2.75, 3.05) is 35.5 Å². The van der Waals surface area contributed by atoms with Crippen LogP contribution >= 0.6 is 19.2 Å². The van der Waals surface area contributed by atoms with Gasteiger partial charge in [0.15, 0.2) is 28.8 Å². The Bertz CT molecular complexity index is 1530. The second-order valence-corrected chi connectivity index (χ2v) is 10.1. The van der Waals surface area contributed by atoms with Crippen molar-refractivity contribution in [1.29, 1.82) is 0 Å². The largest absolute Gasteiger partial charge is 0.524 e. The van der Waals surface area contributed by atoms with E-state index in [1.165, 1.54) is 59.0 Å². The van der Waals surface area contributed by atoms with Crippen LogP contribution in [0.2, 0.25) is 0 Å². The molecular formula is C26H25O10PS. The molecule has 12 heteroatoms. The minimum atomic E-state index is -4.88. The fourth-order valence-electron chi connectivity index (χ4n) is 4.01. The first-order chi connectivity index (χ1) is 18.1. The average molecular weight is 561 g/mol. The number of phosphoric acid groups is 1. The lowest BCUT2D eigenvalue weighted by Crippen LogP contribution is -2.05. The molecule has 0 unspecified atom stereocenters. The van der Waals surface area contributed by atoms with E-state index in [0.29, 0.717) is 44.4 Å². The van der Waals surface area contributed by atoms with Crippen molar-refractivity contribution in [3.05, 3.63) is 59.7 Å². The lowest BCUT2D eigenvalue weighted by molar-refractivity contribution is 0.104. The van der Waals surface area contributed by atoms with Crippen molar-refractivity contribution in [2.24, 2.45) is 0 Å². The molecule has 0 saturated heterocycles. The lowest BCUT2D eigenvalue weighted by atomic mass is 9.96. The second kappa shape index (κ2) is 10.9. The van der Waals surface area contributed by atoms with Crippen LogP contribution in [0, 0.1) is 0 Å². The van der Waals surface area contributed by atoms with Gasteiger partial charge in [-0.05, 0) is 54.1 Å². The molecule has 0 fully saturated rings. The molecule has 1 heterocycles. The van der Waals surface area contributed by atoms with Crippen molar-refractivity contribution >= 4 is 35.0 Å². The highest BCUT2D eigenvalue weighted by Crippen LogP contribution is 2.47. The summed E-state index contributed by atoms with van der Waals surface area (Å²) < 4.78 is 44.1. The first-order valence-electron chi connectivity index (χ1n) is 11.0. The summed E-state index contributed by atoms with van der Waals surface area (Å²) in [4.78, 5) is 33.5. The van der Waals surface area contributed by atoms with Crippen LogP contribution in [-0.2, 0) is 4.57 Å². The predicted octanol–water partition coefficient (Wildman–Crippen LogP) is 5.31. The standard InChI is InChI=1S/C26H25O10PS/c1-31-16-7-9-22-17(13-16)23(24(27)15-11-20(33-3)25(35-5)21(12-15)34-4)26(38-22)14-6-8-18(32-2)19(10-14)36-37(28,29)30/h6-13H,1-5H3,(H2,28,29,30). The summed E-state index contributed by atoms with van der Waals surface area (Å²) in [6, 6.07) is 13.1. The van der Waals surface area contributed by atoms with Crippen LogP contribution in [0.5, 0.6) is 34.5 Å². The Hall–Kier alpha value is -3.76. The van der Waals surface area contributed by atoms with Crippen LogP contribution in [0.15, 0.2) is 48.5 Å². The number of phosphoric ester groups is 1. The van der Waals surface area contributed by atoms with E-state index in [-0.39, 0.29) is 22.8 Å². The SMILES string of the molecule is COc1ccc2sc(-c3ccc(OC)c(OP(=O)(O)O)c3)c(C(=O)c3cc(OC)c(OC)c(OC)c3)c2c1. The number of fused-ring (bicyclic) bond motifs is 1. The zero-order valence-electron chi connectivity index (χ0n) is 21.1. The third-order valence-electron chi connectivity index (χ3n) is 5.69. The van der Waals surface area contributed by atoms with Gasteiger partial charge in [-0.1, -0.05) is 0 Å². The van der Waals surface area contributed by atoms with E-state index in [2.05, 4.69) is 0 Å². The summed E-state index contributed by atoms with van der Waals surface area (Å²) in [7, 11) is 2.40. The Morgan fingerprint density at radius 1 is 0.763 bits per heavy atom. The normalized spacial score (nSPS) is 11.2. The maximum absolute atomic E-state index is 14.1. The number of carbonyl (C=O) groups is 1. The molecule has 0 bridgehead atoms. The van der Waals surface area contributed by atoms with Gasteiger partial charge < -0.3 is 28.2 Å². The molecule has 3 aromatic carbocycles. The zero-order chi connectivity index (χ0) is 27.6. The first kappa shape index (κ1) is 27.3. The summed E-state index contributed by atoms with van der Waals surface area (Å²) in [6.07, 6.45) is 0. The summed E-state index contributed by atoms with van der Waals surface area (Å²) in [6.45, 7) is 0. The monoisotopic (exact) mass is 560 g/mol. The Balaban J connectivity index is 1.98. The molecule has 0 aliphatic heterocycles. The highest BCUT2D eigenvalue weighted by molar-refractivity contribution is 7.46. The number of hydrogen-bond donors (Lipinski definition) is 2. The Morgan fingerprint density at radius 2 is 1.42 bits per heavy atom. The van der Waals surface area contributed by atoms with E-state index < -0.39 is 7.82 Å². The molecule has 10 nitrogen and oxygen atoms in total. The van der Waals surface area contributed by atoms with Gasteiger partial charge >= 0.3 is 7.82 Å². The van der Waals surface area contributed by atoms with E-state index in [4.69, 9.17) is 28.2 Å². The minimum absolute atomic E-state index is 0.123. The Morgan fingerprint density at radius 3 is 1.97 bits per heavy atom. The predicted molar refractivity (Wildman–Crippen MR) is 143 cm³/mol. The molecule has 0 radical (unpaired) electrons. The summed E-state index contributed by atoms with van der Waals surface area (Å²) >= 11 is 1.33. The van der Waals surface area contributed by atoms with E-state index >= 15 is 0 Å². The number of rotatable bonds is 10. The van der Waals surface area contributed by atoms with Crippen molar-refractivity contribution in [1.82, 2.24) is 0 Å². The van der Waals surface area contributed by atoms with Crippen LogP contribution in [0.3, 0.4) is 0 Å². The van der Waals surface area contributed by atoms with Gasteiger partial charge in [-0.3, -0.25) is 14.6 Å². The van der Waals surface area contributed by atoms with E-state index in [9.17, 15) is 19.1 Å². The molecular weight excluding hydrogens is 535 g/mol. The van der Waals surface area contributed by atoms with Gasteiger partial charge in [-0.15, -0.1) is 11.3 Å². The van der Waals surface area contributed by atoms with E-state index in [1.807, 2.05) is 6.07 Å². The molecule has 1 aromatic heterocycles. The van der Waals surface area contributed by atoms with Crippen LogP contribution < -0.4 is 28.2 Å². The number of ketones is 1. The fourth-order valence-corrected chi connectivity index (χ4v) is 5.58. The van der Waals surface area contributed by atoms with Crippen LogP contribution in [0.4, 0.5) is 0 Å². The average Bonchev–Trinajstić information content (AvgIpc) is 3.29. The minimum Gasteiger partial charge on any atom is -0.497 e. The number of ether oxygens (including phenoxy) is 5. The molecule has 0 spiro atoms. The number of thiophene rings is 1. The molecule has 0 saturated carbocycles. The lowest BCUT2D eigenvalue weighted by Gasteiger charge is -2.15. The topological polar surface area (TPSA) is 130 Å². The Labute approximate surface area is 222 Å². The third-order valence-corrected chi connectivity index (χ3v) is 7.35. The molecule has 0 aliphatic rings. The van der Waals surface area contributed by atoms with Crippen molar-refractivity contribution in [2.45, 2.75) is 0 Å². The molecule has 0 atom stereocenters. The van der Waals surface area contributed by atoms with Gasteiger partial charge in [0.05, 0.1) is 35.5 Å². The quantitative estimate of drug-likeness (QED) is 0.194. The van der Waals surface area contributed by atoms with E-state index in [1.54, 1.807) is 30.3 Å². The maximum Gasteiger partial charge on any atom is 0.524 e. The number of benzene rings is 3. The van der Waals surface area contributed by atoms with Crippen LogP contribution in [-0.4, -0.2) is 51.1 Å². The molecule has 0 amide bonds. The van der Waals surface area contributed by atoms with Crippen LogP contribution in [0.25, 0.3) is 20.5 Å². The third kappa shape index (κ3) is 5.27. The summed E-state index contributed by atoms with van der Waals surface area (Å²) in [5.74, 6) is 1.15. The summed E-state index contributed by atoms with van der Waals surface area (Å²) in [5.41, 5.74) is 1.12. The molecule has 38 heavy (non-hydrogen) atoms. The van der Waals surface area contributed by atoms with E-state index in [0.717, 1.165) is 4.70 Å². The van der Waals surface area contributed by atoms with Crippen molar-refractivity contribution in [3.63, 3.8) is 0 Å². The fraction of sp³-hybridized carbons (Fsp3) is 0.192. The van der Waals surface area contributed by atoms with Gasteiger partial charge in [0.1, 0.15) is 5.75 Å². The van der Waals surface area contributed by atoms with Gasteiger partial charge in [-0.2, -0.15) is 0 Å². The van der Waals surface area contributed by atoms with Crippen molar-refractivity contribution in [3.8, 4) is 44.9 Å².